The molecule has 2 N–H and O–H groups in total. The van der Waals surface area contributed by atoms with Crippen LogP contribution in [0.15, 0.2) is 24.3 Å². The van der Waals surface area contributed by atoms with E-state index in [4.69, 9.17) is 4.74 Å². The summed E-state index contributed by atoms with van der Waals surface area (Å²) in [5.41, 5.74) is 0.808. The second-order valence-corrected chi connectivity index (χ2v) is 5.26. The molecule has 1 aromatic carbocycles. The average Bonchev–Trinajstić information content (AvgIpc) is 2.97. The molecular weight excluding hydrogens is 288 g/mol. The van der Waals surface area contributed by atoms with Crippen LogP contribution in [0, 0.1) is 0 Å². The summed E-state index contributed by atoms with van der Waals surface area (Å²) in [6.45, 7) is 3.86. The Bertz CT molecular complexity index is 434. The van der Waals surface area contributed by atoms with Gasteiger partial charge < -0.3 is 15.4 Å². The van der Waals surface area contributed by atoms with Gasteiger partial charge in [0.25, 0.3) is 0 Å². The maximum Gasteiger partial charge on any atom is 0.224 e. The minimum atomic E-state index is 0. The van der Waals surface area contributed by atoms with Crippen LogP contribution in [0.25, 0.3) is 0 Å². The number of halogens is 1. The van der Waals surface area contributed by atoms with Gasteiger partial charge in [-0.1, -0.05) is 13.0 Å². The first-order valence-electron chi connectivity index (χ1n) is 7.54. The highest BCUT2D eigenvalue weighted by atomic mass is 35.5. The number of rotatable bonds is 7. The lowest BCUT2D eigenvalue weighted by Crippen LogP contribution is -2.23. The molecule has 1 heterocycles. The number of anilines is 1. The second-order valence-electron chi connectivity index (χ2n) is 5.26. The summed E-state index contributed by atoms with van der Waals surface area (Å²) >= 11 is 0. The summed E-state index contributed by atoms with van der Waals surface area (Å²) in [5, 5.41) is 6.34. The fourth-order valence-electron chi connectivity index (χ4n) is 2.42. The van der Waals surface area contributed by atoms with Crippen LogP contribution in [0.2, 0.25) is 0 Å². The lowest BCUT2D eigenvalue weighted by atomic mass is 10.1. The van der Waals surface area contributed by atoms with Gasteiger partial charge in [0.05, 0.1) is 6.61 Å². The highest BCUT2D eigenvalue weighted by molar-refractivity contribution is 5.90. The van der Waals surface area contributed by atoms with Gasteiger partial charge in [0.15, 0.2) is 0 Å². The van der Waals surface area contributed by atoms with Crippen molar-refractivity contribution >= 4 is 24.0 Å². The van der Waals surface area contributed by atoms with E-state index in [1.54, 1.807) is 0 Å². The van der Waals surface area contributed by atoms with Gasteiger partial charge in [0.1, 0.15) is 5.75 Å². The van der Waals surface area contributed by atoms with E-state index in [9.17, 15) is 4.79 Å². The third-order valence-corrected chi connectivity index (χ3v) is 3.47. The molecule has 5 heteroatoms. The lowest BCUT2D eigenvalue weighted by molar-refractivity contribution is -0.116. The van der Waals surface area contributed by atoms with Gasteiger partial charge in [-0.3, -0.25) is 4.79 Å². The molecule has 1 fully saturated rings. The molecule has 1 saturated heterocycles. The molecular formula is C16H25ClN2O2. The predicted molar refractivity (Wildman–Crippen MR) is 88.4 cm³/mol. The molecule has 1 atom stereocenters. The van der Waals surface area contributed by atoms with Gasteiger partial charge in [-0.25, -0.2) is 0 Å². The molecule has 21 heavy (non-hydrogen) atoms. The molecule has 0 spiro atoms. The van der Waals surface area contributed by atoms with Crippen LogP contribution >= 0.6 is 12.4 Å². The standard InChI is InChI=1S/C16H24N2O2.ClH/c1-2-11-20-15-7-3-5-14(12-15)18-16(19)9-8-13-6-4-10-17-13;/h3,5,7,12-13,17H,2,4,6,8-11H2,1H3,(H,18,19);1H. The largest absolute Gasteiger partial charge is 0.494 e. The van der Waals surface area contributed by atoms with Crippen LogP contribution in [0.1, 0.15) is 39.0 Å². The number of amides is 1. The quantitative estimate of drug-likeness (QED) is 0.811. The maximum absolute atomic E-state index is 11.9. The Morgan fingerprint density at radius 3 is 3.05 bits per heavy atom. The summed E-state index contributed by atoms with van der Waals surface area (Å²) in [6.07, 6.45) is 4.87. The summed E-state index contributed by atoms with van der Waals surface area (Å²) in [7, 11) is 0. The third-order valence-electron chi connectivity index (χ3n) is 3.47. The molecule has 0 aliphatic carbocycles. The van der Waals surface area contributed by atoms with Crippen LogP contribution in [0.4, 0.5) is 5.69 Å². The molecule has 0 aromatic heterocycles. The molecule has 0 saturated carbocycles. The molecule has 1 aliphatic rings. The van der Waals surface area contributed by atoms with Crippen molar-refractivity contribution in [2.45, 2.75) is 45.1 Å². The monoisotopic (exact) mass is 312 g/mol. The summed E-state index contributed by atoms with van der Waals surface area (Å²) < 4.78 is 5.56. The minimum Gasteiger partial charge on any atom is -0.494 e. The fourth-order valence-corrected chi connectivity index (χ4v) is 2.42. The number of nitrogens with one attached hydrogen (secondary N) is 2. The second kappa shape index (κ2) is 9.64. The SMILES string of the molecule is CCCOc1cccc(NC(=O)CCC2CCCN2)c1.Cl. The number of benzene rings is 1. The highest BCUT2D eigenvalue weighted by Crippen LogP contribution is 2.18. The first kappa shape index (κ1) is 17.8. The molecule has 1 unspecified atom stereocenters. The van der Waals surface area contributed by atoms with Crippen LogP contribution in [-0.2, 0) is 4.79 Å². The van der Waals surface area contributed by atoms with Crippen LogP contribution in [0.5, 0.6) is 5.75 Å². The van der Waals surface area contributed by atoms with E-state index < -0.39 is 0 Å². The smallest absolute Gasteiger partial charge is 0.224 e. The zero-order valence-corrected chi connectivity index (χ0v) is 13.4. The Labute approximate surface area is 133 Å². The molecule has 1 amide bonds. The Morgan fingerprint density at radius 1 is 1.48 bits per heavy atom. The van der Waals surface area contributed by atoms with Crippen molar-refractivity contribution in [1.29, 1.82) is 0 Å². The van der Waals surface area contributed by atoms with Crippen molar-refractivity contribution < 1.29 is 9.53 Å². The van der Waals surface area contributed by atoms with Gasteiger partial charge >= 0.3 is 0 Å². The zero-order valence-electron chi connectivity index (χ0n) is 12.6. The molecule has 1 aliphatic heterocycles. The van der Waals surface area contributed by atoms with E-state index in [1.807, 2.05) is 24.3 Å². The molecule has 4 nitrogen and oxygen atoms in total. The van der Waals surface area contributed by atoms with Gasteiger partial charge in [-0.05, 0) is 44.4 Å². The fraction of sp³-hybridized carbons (Fsp3) is 0.562. The van der Waals surface area contributed by atoms with E-state index in [0.29, 0.717) is 19.1 Å². The minimum absolute atomic E-state index is 0. The van der Waals surface area contributed by atoms with Gasteiger partial charge in [0.2, 0.25) is 5.91 Å². The average molecular weight is 313 g/mol. The summed E-state index contributed by atoms with van der Waals surface area (Å²) in [4.78, 5) is 11.9. The van der Waals surface area contributed by atoms with Crippen molar-refractivity contribution in [3.05, 3.63) is 24.3 Å². The predicted octanol–water partition coefficient (Wildman–Crippen LogP) is 3.37. The first-order chi connectivity index (χ1) is 9.78. The molecule has 1 aromatic rings. The van der Waals surface area contributed by atoms with E-state index in [2.05, 4.69) is 17.6 Å². The Balaban J connectivity index is 0.00000220. The van der Waals surface area contributed by atoms with Crippen molar-refractivity contribution in [2.24, 2.45) is 0 Å². The van der Waals surface area contributed by atoms with Gasteiger partial charge in [0, 0.05) is 24.2 Å². The number of hydrogen-bond donors (Lipinski definition) is 2. The van der Waals surface area contributed by atoms with E-state index in [-0.39, 0.29) is 18.3 Å². The van der Waals surface area contributed by atoms with Crippen molar-refractivity contribution in [1.82, 2.24) is 5.32 Å². The number of carbonyl (C=O) groups excluding carboxylic acids is 1. The normalized spacial score (nSPS) is 17.1. The van der Waals surface area contributed by atoms with E-state index in [1.165, 1.54) is 12.8 Å². The number of ether oxygens (including phenoxy) is 1. The maximum atomic E-state index is 11.9. The number of carbonyl (C=O) groups is 1. The van der Waals surface area contributed by atoms with Crippen LogP contribution in [-0.4, -0.2) is 25.1 Å². The Kier molecular flexibility index (Phi) is 8.16. The van der Waals surface area contributed by atoms with Crippen molar-refractivity contribution in [3.8, 4) is 5.75 Å². The number of hydrogen-bond acceptors (Lipinski definition) is 3. The van der Waals surface area contributed by atoms with Crippen LogP contribution < -0.4 is 15.4 Å². The van der Waals surface area contributed by atoms with Gasteiger partial charge in [-0.15, -0.1) is 12.4 Å². The zero-order chi connectivity index (χ0) is 14.2. The molecule has 0 bridgehead atoms. The highest BCUT2D eigenvalue weighted by Gasteiger charge is 2.15. The Morgan fingerprint density at radius 2 is 2.33 bits per heavy atom. The van der Waals surface area contributed by atoms with E-state index >= 15 is 0 Å². The topological polar surface area (TPSA) is 50.4 Å². The molecule has 0 radical (unpaired) electrons. The van der Waals surface area contributed by atoms with E-state index in [0.717, 1.165) is 30.8 Å². The first-order valence-corrected chi connectivity index (χ1v) is 7.54. The van der Waals surface area contributed by atoms with Crippen molar-refractivity contribution in [2.75, 3.05) is 18.5 Å². The summed E-state index contributed by atoms with van der Waals surface area (Å²) in [6, 6.07) is 8.10. The Hall–Kier alpha value is -1.26. The third kappa shape index (κ3) is 6.36. The van der Waals surface area contributed by atoms with Gasteiger partial charge in [-0.2, -0.15) is 0 Å². The molecule has 2 rings (SSSR count). The van der Waals surface area contributed by atoms with Crippen LogP contribution in [0.3, 0.4) is 0 Å². The molecule has 118 valence electrons. The summed E-state index contributed by atoms with van der Waals surface area (Å²) in [5.74, 6) is 0.883. The lowest BCUT2D eigenvalue weighted by Gasteiger charge is -2.11. The van der Waals surface area contributed by atoms with Crippen molar-refractivity contribution in [3.63, 3.8) is 0 Å².